The highest BCUT2D eigenvalue weighted by Crippen LogP contribution is 2.24. The summed E-state index contributed by atoms with van der Waals surface area (Å²) in [6.45, 7) is 5.03. The van der Waals surface area contributed by atoms with Crippen molar-refractivity contribution >= 4 is 42.1 Å². The van der Waals surface area contributed by atoms with Gasteiger partial charge in [0.25, 0.3) is 0 Å². The predicted octanol–water partition coefficient (Wildman–Crippen LogP) is 1.43. The van der Waals surface area contributed by atoms with E-state index in [1.54, 1.807) is 7.11 Å². The van der Waals surface area contributed by atoms with Crippen molar-refractivity contribution in [1.29, 1.82) is 0 Å². The van der Waals surface area contributed by atoms with Gasteiger partial charge in [-0.05, 0) is 30.4 Å². The fraction of sp³-hybridized carbons (Fsp3) is 0.643. The summed E-state index contributed by atoms with van der Waals surface area (Å²) in [6, 6.07) is 1.92. The lowest BCUT2D eigenvalue weighted by Crippen LogP contribution is -2.49. The first-order valence-corrected chi connectivity index (χ1v) is 7.81. The quantitative estimate of drug-likeness (QED) is 0.795. The van der Waals surface area contributed by atoms with Gasteiger partial charge in [-0.3, -0.25) is 9.69 Å². The van der Waals surface area contributed by atoms with E-state index in [2.05, 4.69) is 28.6 Å². The van der Waals surface area contributed by atoms with Gasteiger partial charge in [0.2, 0.25) is 5.91 Å². The van der Waals surface area contributed by atoms with Crippen LogP contribution in [0.3, 0.4) is 0 Å². The maximum Gasteiger partial charge on any atom is 0.239 e. The molecule has 2 atom stereocenters. The fourth-order valence-corrected chi connectivity index (χ4v) is 3.30. The summed E-state index contributed by atoms with van der Waals surface area (Å²) in [5.41, 5.74) is 7.12. The van der Waals surface area contributed by atoms with E-state index in [9.17, 15) is 4.79 Å². The molecule has 1 aliphatic rings. The number of hydrogen-bond donors (Lipinski definition) is 2. The molecule has 0 fully saturated rings. The zero-order chi connectivity index (χ0) is 14.5. The molecular weight excluding hydrogens is 345 g/mol. The van der Waals surface area contributed by atoms with Crippen LogP contribution in [0.2, 0.25) is 0 Å². The second-order valence-electron chi connectivity index (χ2n) is 5.25. The number of hydrogen-bond acceptors (Lipinski definition) is 5. The topological polar surface area (TPSA) is 67.6 Å². The number of nitrogens with one attached hydrogen (secondary N) is 1. The summed E-state index contributed by atoms with van der Waals surface area (Å²) in [5.74, 6) is -0.146. The molecule has 1 aliphatic heterocycles. The largest absolute Gasteiger partial charge is 0.383 e. The molecule has 1 aromatic heterocycles. The van der Waals surface area contributed by atoms with E-state index >= 15 is 0 Å². The molecule has 2 unspecified atom stereocenters. The molecule has 0 aromatic carbocycles. The Labute approximate surface area is 148 Å². The van der Waals surface area contributed by atoms with Crippen LogP contribution in [0.25, 0.3) is 0 Å². The minimum atomic E-state index is -0.586. The summed E-state index contributed by atoms with van der Waals surface area (Å²) in [5, 5.41) is 5.06. The predicted molar refractivity (Wildman–Crippen MR) is 95.3 cm³/mol. The van der Waals surface area contributed by atoms with Gasteiger partial charge in [-0.2, -0.15) is 0 Å². The van der Waals surface area contributed by atoms with E-state index in [1.165, 1.54) is 10.4 Å². The second-order valence-corrected chi connectivity index (χ2v) is 6.25. The SMILES string of the molecule is COCC(N)C(=O)NCC(C)N1CCc2sccc2C1.Cl.Cl. The third kappa shape index (κ3) is 5.68. The molecule has 0 aliphatic carbocycles. The Hall–Kier alpha value is -0.370. The average molecular weight is 370 g/mol. The number of thiophene rings is 1. The lowest BCUT2D eigenvalue weighted by molar-refractivity contribution is -0.123. The van der Waals surface area contributed by atoms with Crippen LogP contribution in [0.1, 0.15) is 17.4 Å². The first-order valence-electron chi connectivity index (χ1n) is 6.93. The Morgan fingerprint density at radius 1 is 1.55 bits per heavy atom. The van der Waals surface area contributed by atoms with Crippen LogP contribution in [0, 0.1) is 0 Å². The zero-order valence-corrected chi connectivity index (χ0v) is 15.4. The number of fused-ring (bicyclic) bond motifs is 1. The molecule has 3 N–H and O–H groups in total. The van der Waals surface area contributed by atoms with E-state index in [1.807, 2.05) is 11.3 Å². The highest BCUT2D eigenvalue weighted by Gasteiger charge is 2.22. The first-order chi connectivity index (χ1) is 9.61. The fourth-order valence-electron chi connectivity index (χ4n) is 2.41. The molecule has 0 saturated carbocycles. The minimum Gasteiger partial charge on any atom is -0.383 e. The number of methoxy groups -OCH3 is 1. The molecule has 128 valence electrons. The summed E-state index contributed by atoms with van der Waals surface area (Å²) in [7, 11) is 1.54. The number of amides is 1. The van der Waals surface area contributed by atoms with Gasteiger partial charge in [0.1, 0.15) is 6.04 Å². The Kier molecular flexibility index (Phi) is 10.2. The first kappa shape index (κ1) is 21.6. The molecule has 0 bridgehead atoms. The highest BCUT2D eigenvalue weighted by molar-refractivity contribution is 7.10. The number of carbonyl (C=O) groups is 1. The van der Waals surface area contributed by atoms with Gasteiger partial charge in [-0.15, -0.1) is 36.2 Å². The van der Waals surface area contributed by atoms with Crippen LogP contribution in [-0.4, -0.2) is 49.7 Å². The Morgan fingerprint density at radius 3 is 2.95 bits per heavy atom. The number of nitrogens with two attached hydrogens (primary N) is 1. The van der Waals surface area contributed by atoms with Gasteiger partial charge < -0.3 is 15.8 Å². The van der Waals surface area contributed by atoms with Crippen LogP contribution in [0.15, 0.2) is 11.4 Å². The lowest BCUT2D eigenvalue weighted by atomic mass is 10.1. The van der Waals surface area contributed by atoms with Crippen LogP contribution in [-0.2, 0) is 22.5 Å². The molecule has 0 spiro atoms. The molecule has 22 heavy (non-hydrogen) atoms. The Bertz CT molecular complexity index is 459. The van der Waals surface area contributed by atoms with Crippen molar-refractivity contribution in [3.8, 4) is 0 Å². The highest BCUT2D eigenvalue weighted by atomic mass is 35.5. The third-order valence-corrected chi connectivity index (χ3v) is 4.74. The van der Waals surface area contributed by atoms with Crippen molar-refractivity contribution in [3.63, 3.8) is 0 Å². The number of carbonyl (C=O) groups excluding carboxylic acids is 1. The van der Waals surface area contributed by atoms with Crippen LogP contribution in [0.4, 0.5) is 0 Å². The molecule has 1 aromatic rings. The van der Waals surface area contributed by atoms with Crippen LogP contribution >= 0.6 is 36.2 Å². The summed E-state index contributed by atoms with van der Waals surface area (Å²) < 4.78 is 4.88. The van der Waals surface area contributed by atoms with Crippen LogP contribution < -0.4 is 11.1 Å². The van der Waals surface area contributed by atoms with Crippen molar-refractivity contribution in [1.82, 2.24) is 10.2 Å². The maximum atomic E-state index is 11.7. The Morgan fingerprint density at radius 2 is 2.27 bits per heavy atom. The minimum absolute atomic E-state index is 0. The Balaban J connectivity index is 0.00000220. The molecular formula is C14H25Cl2N3O2S. The normalized spacial score (nSPS) is 16.7. The lowest BCUT2D eigenvalue weighted by Gasteiger charge is -2.32. The average Bonchev–Trinajstić information content (AvgIpc) is 2.91. The smallest absolute Gasteiger partial charge is 0.239 e. The van der Waals surface area contributed by atoms with Gasteiger partial charge >= 0.3 is 0 Å². The van der Waals surface area contributed by atoms with E-state index in [4.69, 9.17) is 10.5 Å². The van der Waals surface area contributed by atoms with Gasteiger partial charge in [0, 0.05) is 37.7 Å². The summed E-state index contributed by atoms with van der Waals surface area (Å²) >= 11 is 1.84. The number of rotatable bonds is 6. The van der Waals surface area contributed by atoms with E-state index in [0.29, 0.717) is 12.6 Å². The van der Waals surface area contributed by atoms with Crippen molar-refractivity contribution in [2.45, 2.75) is 32.0 Å². The van der Waals surface area contributed by atoms with Gasteiger partial charge in [0.15, 0.2) is 0 Å². The molecule has 0 radical (unpaired) electrons. The van der Waals surface area contributed by atoms with E-state index < -0.39 is 6.04 Å². The van der Waals surface area contributed by atoms with Gasteiger partial charge in [-0.1, -0.05) is 0 Å². The van der Waals surface area contributed by atoms with Crippen molar-refractivity contribution in [2.24, 2.45) is 5.73 Å². The van der Waals surface area contributed by atoms with Gasteiger partial charge in [-0.25, -0.2) is 0 Å². The van der Waals surface area contributed by atoms with Crippen LogP contribution in [0.5, 0.6) is 0 Å². The monoisotopic (exact) mass is 369 g/mol. The number of halogens is 2. The second kappa shape index (κ2) is 10.4. The number of ether oxygens (including phenoxy) is 1. The number of nitrogens with zero attached hydrogens (tertiary/aromatic N) is 1. The standard InChI is InChI=1S/C14H23N3O2S.2ClH/c1-10(7-16-14(18)12(15)9-19-2)17-5-3-13-11(8-17)4-6-20-13;;/h4,6,10,12H,3,5,7-9,15H2,1-2H3,(H,16,18);2*1H. The van der Waals surface area contributed by atoms with Gasteiger partial charge in [0.05, 0.1) is 6.61 Å². The molecule has 1 amide bonds. The maximum absolute atomic E-state index is 11.7. The van der Waals surface area contributed by atoms with Crippen molar-refractivity contribution < 1.29 is 9.53 Å². The summed E-state index contributed by atoms with van der Waals surface area (Å²) in [4.78, 5) is 15.6. The van der Waals surface area contributed by atoms with E-state index in [-0.39, 0.29) is 37.3 Å². The summed E-state index contributed by atoms with van der Waals surface area (Å²) in [6.07, 6.45) is 1.11. The van der Waals surface area contributed by atoms with E-state index in [0.717, 1.165) is 19.5 Å². The third-order valence-electron chi connectivity index (χ3n) is 3.72. The molecule has 0 saturated heterocycles. The zero-order valence-electron chi connectivity index (χ0n) is 12.9. The molecule has 2 rings (SSSR count). The molecule has 8 heteroatoms. The molecule has 2 heterocycles. The van der Waals surface area contributed by atoms with Crippen molar-refractivity contribution in [2.75, 3.05) is 26.8 Å². The van der Waals surface area contributed by atoms with Crippen molar-refractivity contribution in [3.05, 3.63) is 21.9 Å². The molecule has 5 nitrogen and oxygen atoms in total.